The molecule has 0 amide bonds. The Labute approximate surface area is 101 Å². The van der Waals surface area contributed by atoms with Gasteiger partial charge >= 0.3 is 5.97 Å². The van der Waals surface area contributed by atoms with Gasteiger partial charge in [-0.15, -0.1) is 0 Å². The van der Waals surface area contributed by atoms with Gasteiger partial charge in [0.25, 0.3) is 0 Å². The predicted molar refractivity (Wildman–Crippen MR) is 62.5 cm³/mol. The first-order chi connectivity index (χ1) is 7.99. The molecule has 17 heavy (non-hydrogen) atoms. The third-order valence-electron chi connectivity index (χ3n) is 2.10. The molecule has 0 bridgehead atoms. The molecule has 1 aromatic rings. The predicted octanol–water partition coefficient (Wildman–Crippen LogP) is 2.28. The van der Waals surface area contributed by atoms with Crippen molar-refractivity contribution in [2.75, 3.05) is 6.61 Å². The van der Waals surface area contributed by atoms with Gasteiger partial charge in [0.15, 0.2) is 5.60 Å². The molecule has 0 atom stereocenters. The molecule has 0 radical (unpaired) electrons. The summed E-state index contributed by atoms with van der Waals surface area (Å²) in [6.45, 7) is 5.31. The van der Waals surface area contributed by atoms with Crippen LogP contribution in [0.3, 0.4) is 0 Å². The molecule has 0 unspecified atom stereocenters. The van der Waals surface area contributed by atoms with Crippen LogP contribution in [0, 0.1) is 11.3 Å². The van der Waals surface area contributed by atoms with E-state index in [1.54, 1.807) is 45.0 Å². The molecule has 0 saturated heterocycles. The molecule has 4 nitrogen and oxygen atoms in total. The zero-order chi connectivity index (χ0) is 12.9. The number of carbonyl (C=O) groups is 1. The number of nitriles is 1. The van der Waals surface area contributed by atoms with E-state index in [9.17, 15) is 4.79 Å². The lowest BCUT2D eigenvalue weighted by Crippen LogP contribution is -2.39. The van der Waals surface area contributed by atoms with Crippen LogP contribution in [0.5, 0.6) is 5.75 Å². The normalized spacial score (nSPS) is 10.5. The number of carbonyl (C=O) groups excluding carboxylic acids is 1. The Hall–Kier alpha value is -2.02. The standard InChI is InChI=1S/C13H15NO3/c1-4-16-12(15)13(2,3)17-11-7-5-6-10(8-11)9-14/h5-8H,4H2,1-3H3. The zero-order valence-corrected chi connectivity index (χ0v) is 10.2. The van der Waals surface area contributed by atoms with Gasteiger partial charge in [0.1, 0.15) is 5.75 Å². The molecule has 0 aliphatic rings. The Morgan fingerprint density at radius 2 is 2.18 bits per heavy atom. The van der Waals surface area contributed by atoms with E-state index in [-0.39, 0.29) is 0 Å². The highest BCUT2D eigenvalue weighted by molar-refractivity contribution is 5.79. The van der Waals surface area contributed by atoms with E-state index in [0.29, 0.717) is 17.9 Å². The maximum Gasteiger partial charge on any atom is 0.349 e. The number of hydrogen-bond donors (Lipinski definition) is 0. The van der Waals surface area contributed by atoms with Gasteiger partial charge in [0, 0.05) is 0 Å². The zero-order valence-electron chi connectivity index (χ0n) is 10.2. The Balaban J connectivity index is 2.82. The van der Waals surface area contributed by atoms with Crippen molar-refractivity contribution in [3.05, 3.63) is 29.8 Å². The second-order valence-corrected chi connectivity index (χ2v) is 3.97. The summed E-state index contributed by atoms with van der Waals surface area (Å²) in [6.07, 6.45) is 0. The lowest BCUT2D eigenvalue weighted by Gasteiger charge is -2.24. The summed E-state index contributed by atoms with van der Waals surface area (Å²) < 4.78 is 10.4. The molecule has 0 fully saturated rings. The lowest BCUT2D eigenvalue weighted by molar-refractivity contribution is -0.158. The maximum atomic E-state index is 11.6. The Kier molecular flexibility index (Phi) is 4.11. The summed E-state index contributed by atoms with van der Waals surface area (Å²) in [5, 5.41) is 8.76. The molecule has 1 rings (SSSR count). The first-order valence-electron chi connectivity index (χ1n) is 5.36. The molecule has 0 spiro atoms. The molecule has 90 valence electrons. The molecule has 0 N–H and O–H groups in total. The first kappa shape index (κ1) is 13.0. The van der Waals surface area contributed by atoms with Gasteiger partial charge in [-0.25, -0.2) is 4.79 Å². The third-order valence-corrected chi connectivity index (χ3v) is 2.10. The van der Waals surface area contributed by atoms with Gasteiger partial charge in [0.05, 0.1) is 18.2 Å². The fourth-order valence-electron chi connectivity index (χ4n) is 1.27. The van der Waals surface area contributed by atoms with Crippen LogP contribution in [0.2, 0.25) is 0 Å². The molecule has 0 aliphatic heterocycles. The highest BCUT2D eigenvalue weighted by Gasteiger charge is 2.31. The van der Waals surface area contributed by atoms with Crippen LogP contribution in [0.25, 0.3) is 0 Å². The average Bonchev–Trinajstić information content (AvgIpc) is 2.29. The molecular formula is C13H15NO3. The minimum atomic E-state index is -1.07. The number of esters is 1. The van der Waals surface area contributed by atoms with Crippen LogP contribution in [0.1, 0.15) is 26.3 Å². The van der Waals surface area contributed by atoms with E-state index in [4.69, 9.17) is 14.7 Å². The van der Waals surface area contributed by atoms with Crippen LogP contribution in [-0.4, -0.2) is 18.2 Å². The molecular weight excluding hydrogens is 218 g/mol. The third kappa shape index (κ3) is 3.49. The maximum absolute atomic E-state index is 11.6. The summed E-state index contributed by atoms with van der Waals surface area (Å²) in [4.78, 5) is 11.6. The number of hydrogen-bond acceptors (Lipinski definition) is 4. The van der Waals surface area contributed by atoms with E-state index in [2.05, 4.69) is 0 Å². The molecule has 0 aromatic heterocycles. The Morgan fingerprint density at radius 1 is 1.47 bits per heavy atom. The minimum Gasteiger partial charge on any atom is -0.476 e. The van der Waals surface area contributed by atoms with Crippen molar-refractivity contribution in [1.29, 1.82) is 5.26 Å². The lowest BCUT2D eigenvalue weighted by atomic mass is 10.1. The van der Waals surface area contributed by atoms with E-state index in [0.717, 1.165) is 0 Å². The fourth-order valence-corrected chi connectivity index (χ4v) is 1.27. The largest absolute Gasteiger partial charge is 0.476 e. The van der Waals surface area contributed by atoms with Crippen molar-refractivity contribution in [1.82, 2.24) is 0 Å². The minimum absolute atomic E-state index is 0.309. The monoisotopic (exact) mass is 233 g/mol. The first-order valence-corrected chi connectivity index (χ1v) is 5.36. The fraction of sp³-hybridized carbons (Fsp3) is 0.385. The van der Waals surface area contributed by atoms with E-state index < -0.39 is 11.6 Å². The Bertz CT molecular complexity index is 446. The van der Waals surface area contributed by atoms with Gasteiger partial charge in [0.2, 0.25) is 0 Å². The summed E-state index contributed by atoms with van der Waals surface area (Å²) in [5.41, 5.74) is -0.577. The van der Waals surface area contributed by atoms with E-state index in [1.807, 2.05) is 6.07 Å². The second kappa shape index (κ2) is 5.35. The topological polar surface area (TPSA) is 59.3 Å². The summed E-state index contributed by atoms with van der Waals surface area (Å²) in [7, 11) is 0. The van der Waals surface area contributed by atoms with Gasteiger partial charge in [-0.3, -0.25) is 0 Å². The van der Waals surface area contributed by atoms with Crippen LogP contribution < -0.4 is 4.74 Å². The molecule has 1 aromatic carbocycles. The van der Waals surface area contributed by atoms with Crippen molar-refractivity contribution in [3.63, 3.8) is 0 Å². The summed E-state index contributed by atoms with van der Waals surface area (Å²) in [5.74, 6) is 0.0458. The van der Waals surface area contributed by atoms with Crippen LogP contribution in [0.4, 0.5) is 0 Å². The molecule has 4 heteroatoms. The smallest absolute Gasteiger partial charge is 0.349 e. The molecule has 0 saturated carbocycles. The number of ether oxygens (including phenoxy) is 2. The second-order valence-electron chi connectivity index (χ2n) is 3.97. The highest BCUT2D eigenvalue weighted by atomic mass is 16.6. The van der Waals surface area contributed by atoms with Crippen LogP contribution in [-0.2, 0) is 9.53 Å². The van der Waals surface area contributed by atoms with E-state index >= 15 is 0 Å². The summed E-state index contributed by atoms with van der Waals surface area (Å²) >= 11 is 0. The number of rotatable bonds is 4. The van der Waals surface area contributed by atoms with Gasteiger partial charge in [-0.05, 0) is 39.0 Å². The van der Waals surface area contributed by atoms with Crippen molar-refractivity contribution < 1.29 is 14.3 Å². The average molecular weight is 233 g/mol. The van der Waals surface area contributed by atoms with Crippen LogP contribution >= 0.6 is 0 Å². The number of benzene rings is 1. The van der Waals surface area contributed by atoms with E-state index in [1.165, 1.54) is 0 Å². The van der Waals surface area contributed by atoms with Crippen molar-refractivity contribution in [2.45, 2.75) is 26.4 Å². The molecule has 0 aliphatic carbocycles. The number of nitrogens with zero attached hydrogens (tertiary/aromatic N) is 1. The summed E-state index contributed by atoms with van der Waals surface area (Å²) in [6, 6.07) is 8.67. The quantitative estimate of drug-likeness (QED) is 0.748. The SMILES string of the molecule is CCOC(=O)C(C)(C)Oc1cccc(C#N)c1. The van der Waals surface area contributed by atoms with Gasteiger partial charge < -0.3 is 9.47 Å². The Morgan fingerprint density at radius 3 is 2.76 bits per heavy atom. The van der Waals surface area contributed by atoms with Crippen molar-refractivity contribution in [3.8, 4) is 11.8 Å². The van der Waals surface area contributed by atoms with Crippen LogP contribution in [0.15, 0.2) is 24.3 Å². The molecule has 0 heterocycles. The highest BCUT2D eigenvalue weighted by Crippen LogP contribution is 2.20. The van der Waals surface area contributed by atoms with Gasteiger partial charge in [-0.2, -0.15) is 5.26 Å². The van der Waals surface area contributed by atoms with Gasteiger partial charge in [-0.1, -0.05) is 6.07 Å². The van der Waals surface area contributed by atoms with Crippen molar-refractivity contribution in [2.24, 2.45) is 0 Å². The van der Waals surface area contributed by atoms with Crippen molar-refractivity contribution >= 4 is 5.97 Å².